The van der Waals surface area contributed by atoms with E-state index in [2.05, 4.69) is 12.2 Å². The summed E-state index contributed by atoms with van der Waals surface area (Å²) in [5.41, 5.74) is 4.50. The number of rotatable bonds is 3. The molecule has 5 amide bonds. The van der Waals surface area contributed by atoms with E-state index in [-0.39, 0.29) is 30.8 Å². The van der Waals surface area contributed by atoms with E-state index in [4.69, 9.17) is 5.73 Å². The summed E-state index contributed by atoms with van der Waals surface area (Å²) >= 11 is 0. The van der Waals surface area contributed by atoms with Crippen molar-refractivity contribution in [2.45, 2.75) is 51.0 Å². The molecule has 0 unspecified atom stereocenters. The molecule has 138 valence electrons. The van der Waals surface area contributed by atoms with Gasteiger partial charge in [-0.25, -0.2) is 4.79 Å². The number of hydrogen-bond acceptors (Lipinski definition) is 4. The van der Waals surface area contributed by atoms with Crippen molar-refractivity contribution >= 4 is 23.8 Å². The number of imide groups is 1. The first kappa shape index (κ1) is 17.7. The first-order valence-electron chi connectivity index (χ1n) is 9.03. The third-order valence-corrected chi connectivity index (χ3v) is 5.84. The summed E-state index contributed by atoms with van der Waals surface area (Å²) in [5.74, 6) is -0.822. The number of carbonyl (C=O) groups is 4. The van der Waals surface area contributed by atoms with Crippen LogP contribution in [0.3, 0.4) is 0 Å². The van der Waals surface area contributed by atoms with Crippen LogP contribution in [0.4, 0.5) is 4.79 Å². The molecule has 0 radical (unpaired) electrons. The van der Waals surface area contributed by atoms with Gasteiger partial charge in [0.1, 0.15) is 12.1 Å². The van der Waals surface area contributed by atoms with Crippen molar-refractivity contribution in [2.75, 3.05) is 19.6 Å². The van der Waals surface area contributed by atoms with Crippen molar-refractivity contribution < 1.29 is 19.2 Å². The van der Waals surface area contributed by atoms with Crippen LogP contribution in [-0.4, -0.2) is 58.7 Å². The fourth-order valence-electron chi connectivity index (χ4n) is 4.08. The van der Waals surface area contributed by atoms with Crippen LogP contribution in [0.2, 0.25) is 0 Å². The molecular weight excluding hydrogens is 324 g/mol. The molecule has 1 spiro atoms. The lowest BCUT2D eigenvalue weighted by Crippen LogP contribution is -2.51. The Balaban J connectivity index is 1.64. The fourth-order valence-corrected chi connectivity index (χ4v) is 4.08. The maximum Gasteiger partial charge on any atom is 0.325 e. The number of primary amides is 1. The lowest BCUT2D eigenvalue weighted by molar-refractivity contribution is -0.141. The summed E-state index contributed by atoms with van der Waals surface area (Å²) in [6, 6.07) is -0.489. The highest BCUT2D eigenvalue weighted by atomic mass is 16.2. The molecule has 25 heavy (non-hydrogen) atoms. The molecule has 0 aromatic carbocycles. The molecule has 3 N–H and O–H groups in total. The molecule has 3 rings (SSSR count). The summed E-state index contributed by atoms with van der Waals surface area (Å²) in [4.78, 5) is 51.5. The van der Waals surface area contributed by atoms with Crippen molar-refractivity contribution in [3.63, 3.8) is 0 Å². The highest BCUT2D eigenvalue weighted by Crippen LogP contribution is 2.36. The second-order valence-electron chi connectivity index (χ2n) is 7.67. The van der Waals surface area contributed by atoms with Gasteiger partial charge < -0.3 is 16.0 Å². The summed E-state index contributed by atoms with van der Waals surface area (Å²) in [7, 11) is 0. The van der Waals surface area contributed by atoms with Gasteiger partial charge in [0.25, 0.3) is 5.91 Å². The zero-order chi connectivity index (χ0) is 18.2. The Labute approximate surface area is 147 Å². The van der Waals surface area contributed by atoms with Crippen molar-refractivity contribution in [3.05, 3.63) is 0 Å². The minimum absolute atomic E-state index is 0.264. The van der Waals surface area contributed by atoms with E-state index < -0.39 is 17.5 Å². The van der Waals surface area contributed by atoms with Gasteiger partial charge in [0, 0.05) is 13.1 Å². The van der Waals surface area contributed by atoms with E-state index in [0.29, 0.717) is 38.1 Å². The highest BCUT2D eigenvalue weighted by molar-refractivity contribution is 6.09. The Kier molecular flexibility index (Phi) is 4.71. The van der Waals surface area contributed by atoms with Crippen LogP contribution in [0.15, 0.2) is 0 Å². The molecule has 1 saturated carbocycles. The largest absolute Gasteiger partial charge is 0.369 e. The molecule has 8 nitrogen and oxygen atoms in total. The second kappa shape index (κ2) is 6.65. The summed E-state index contributed by atoms with van der Waals surface area (Å²) in [6.45, 7) is 2.66. The first-order chi connectivity index (χ1) is 11.8. The number of nitrogens with two attached hydrogens (primary N) is 1. The SMILES string of the molecule is CC1CCC2(CC1)NC(=O)N(CC(=O)N1CCC[C@@H](C(N)=O)C1)C2=O. The summed E-state index contributed by atoms with van der Waals surface area (Å²) in [6.07, 6.45) is 4.39. The number of nitrogens with zero attached hydrogens (tertiary/aromatic N) is 2. The molecule has 3 fully saturated rings. The van der Waals surface area contributed by atoms with Gasteiger partial charge in [-0.2, -0.15) is 0 Å². The molecule has 2 aliphatic heterocycles. The molecule has 0 aromatic rings. The maximum atomic E-state index is 12.8. The van der Waals surface area contributed by atoms with Crippen LogP contribution in [-0.2, 0) is 14.4 Å². The van der Waals surface area contributed by atoms with Gasteiger partial charge in [0.15, 0.2) is 0 Å². The quantitative estimate of drug-likeness (QED) is 0.708. The molecule has 0 aromatic heterocycles. The average Bonchev–Trinajstić information content (AvgIpc) is 2.82. The lowest BCUT2D eigenvalue weighted by atomic mass is 9.77. The number of likely N-dealkylation sites (tertiary alicyclic amines) is 1. The van der Waals surface area contributed by atoms with Crippen molar-refractivity contribution in [2.24, 2.45) is 17.6 Å². The maximum absolute atomic E-state index is 12.8. The number of nitrogens with one attached hydrogen (secondary N) is 1. The average molecular weight is 350 g/mol. The van der Waals surface area contributed by atoms with Crippen molar-refractivity contribution in [3.8, 4) is 0 Å². The van der Waals surface area contributed by atoms with E-state index in [0.717, 1.165) is 17.7 Å². The molecule has 1 atom stereocenters. The summed E-state index contributed by atoms with van der Waals surface area (Å²) in [5, 5.41) is 2.82. The third kappa shape index (κ3) is 3.34. The molecule has 2 heterocycles. The van der Waals surface area contributed by atoms with Gasteiger partial charge in [-0.1, -0.05) is 6.92 Å². The van der Waals surface area contributed by atoms with Crippen LogP contribution >= 0.6 is 0 Å². The number of urea groups is 1. The Morgan fingerprint density at radius 3 is 2.56 bits per heavy atom. The Bertz CT molecular complexity index is 597. The standard InChI is InChI=1S/C17H26N4O4/c1-11-4-6-17(7-5-11)15(24)21(16(25)19-17)10-13(22)20-8-2-3-12(9-20)14(18)23/h11-12H,2-10H2,1H3,(H2,18,23)(H,19,25)/t11?,12-,17?/m1/s1. The monoisotopic (exact) mass is 350 g/mol. The number of carbonyl (C=O) groups excluding carboxylic acids is 4. The Hall–Kier alpha value is -2.12. The minimum atomic E-state index is -0.832. The normalized spacial score (nSPS) is 32.8. The smallest absolute Gasteiger partial charge is 0.325 e. The minimum Gasteiger partial charge on any atom is -0.369 e. The van der Waals surface area contributed by atoms with E-state index >= 15 is 0 Å². The molecule has 1 aliphatic carbocycles. The molecular formula is C17H26N4O4. The summed E-state index contributed by atoms with van der Waals surface area (Å²) < 4.78 is 0. The lowest BCUT2D eigenvalue weighted by Gasteiger charge is -2.34. The van der Waals surface area contributed by atoms with Crippen molar-refractivity contribution in [1.82, 2.24) is 15.1 Å². The van der Waals surface area contributed by atoms with Gasteiger partial charge in [-0.05, 0) is 44.4 Å². The van der Waals surface area contributed by atoms with Crippen LogP contribution in [0.5, 0.6) is 0 Å². The zero-order valence-electron chi connectivity index (χ0n) is 14.6. The predicted molar refractivity (Wildman–Crippen MR) is 89.1 cm³/mol. The molecule has 2 saturated heterocycles. The van der Waals surface area contributed by atoms with Gasteiger partial charge in [-0.15, -0.1) is 0 Å². The van der Waals surface area contributed by atoms with Gasteiger partial charge >= 0.3 is 6.03 Å². The Morgan fingerprint density at radius 1 is 1.24 bits per heavy atom. The van der Waals surface area contributed by atoms with Crippen LogP contribution in [0.25, 0.3) is 0 Å². The van der Waals surface area contributed by atoms with Crippen LogP contribution in [0.1, 0.15) is 45.4 Å². The predicted octanol–water partition coefficient (Wildman–Crippen LogP) is 0.211. The fraction of sp³-hybridized carbons (Fsp3) is 0.765. The van der Waals surface area contributed by atoms with E-state index in [1.165, 1.54) is 4.90 Å². The van der Waals surface area contributed by atoms with Gasteiger partial charge in [0.05, 0.1) is 5.92 Å². The first-order valence-corrected chi connectivity index (χ1v) is 9.03. The van der Waals surface area contributed by atoms with Crippen LogP contribution in [0, 0.1) is 11.8 Å². The molecule has 0 bridgehead atoms. The van der Waals surface area contributed by atoms with Gasteiger partial charge in [0.2, 0.25) is 11.8 Å². The van der Waals surface area contributed by atoms with Crippen LogP contribution < -0.4 is 11.1 Å². The van der Waals surface area contributed by atoms with Gasteiger partial charge in [-0.3, -0.25) is 19.3 Å². The third-order valence-electron chi connectivity index (χ3n) is 5.84. The Morgan fingerprint density at radius 2 is 1.92 bits per heavy atom. The topological polar surface area (TPSA) is 113 Å². The van der Waals surface area contributed by atoms with Crippen molar-refractivity contribution in [1.29, 1.82) is 0 Å². The highest BCUT2D eigenvalue weighted by Gasteiger charge is 2.52. The zero-order valence-corrected chi connectivity index (χ0v) is 14.6. The number of amides is 5. The van der Waals surface area contributed by atoms with E-state index in [9.17, 15) is 19.2 Å². The number of hydrogen-bond donors (Lipinski definition) is 2. The van der Waals surface area contributed by atoms with E-state index in [1.807, 2.05) is 0 Å². The van der Waals surface area contributed by atoms with E-state index in [1.54, 1.807) is 0 Å². The number of piperidine rings is 1. The second-order valence-corrected chi connectivity index (χ2v) is 7.67. The molecule has 3 aliphatic rings. The molecule has 8 heteroatoms.